The van der Waals surface area contributed by atoms with Crippen molar-refractivity contribution >= 4 is 17.2 Å². The van der Waals surface area contributed by atoms with Gasteiger partial charge in [0.25, 0.3) is 0 Å². The summed E-state index contributed by atoms with van der Waals surface area (Å²) in [4.78, 5) is 21.8. The first-order valence-electron chi connectivity index (χ1n) is 11.5. The maximum atomic E-state index is 12.8. The van der Waals surface area contributed by atoms with Crippen LogP contribution in [0.3, 0.4) is 0 Å². The van der Waals surface area contributed by atoms with E-state index in [-0.39, 0.29) is 12.3 Å². The number of carbonyl (C=O) groups is 1. The number of amides is 1. The number of piperidine rings is 1. The SMILES string of the molecule is O=C(Cc1csc(-c2ccc(C(F)(F)F)cc2)n1)N1CCC(CN2CCCCCC2)CC1. The molecule has 1 amide bonds. The third kappa shape index (κ3) is 6.10. The van der Waals surface area contributed by atoms with E-state index >= 15 is 0 Å². The Morgan fingerprint density at radius 1 is 1.00 bits per heavy atom. The highest BCUT2D eigenvalue weighted by molar-refractivity contribution is 7.13. The van der Waals surface area contributed by atoms with Crippen LogP contribution in [0.1, 0.15) is 49.8 Å². The third-order valence-corrected chi connectivity index (χ3v) is 7.47. The molecule has 4 nitrogen and oxygen atoms in total. The first-order valence-corrected chi connectivity index (χ1v) is 12.4. The van der Waals surface area contributed by atoms with Crippen LogP contribution in [0.25, 0.3) is 10.6 Å². The number of benzene rings is 1. The summed E-state index contributed by atoms with van der Waals surface area (Å²) in [6, 6.07) is 5.00. The minimum Gasteiger partial charge on any atom is -0.342 e. The van der Waals surface area contributed by atoms with Gasteiger partial charge < -0.3 is 9.80 Å². The van der Waals surface area contributed by atoms with Gasteiger partial charge in [-0.3, -0.25) is 4.79 Å². The van der Waals surface area contributed by atoms with Crippen LogP contribution in [0.15, 0.2) is 29.6 Å². The van der Waals surface area contributed by atoms with Gasteiger partial charge in [0.1, 0.15) is 5.01 Å². The monoisotopic (exact) mass is 465 g/mol. The van der Waals surface area contributed by atoms with Crippen molar-refractivity contribution in [3.05, 3.63) is 40.9 Å². The first-order chi connectivity index (χ1) is 15.4. The summed E-state index contributed by atoms with van der Waals surface area (Å²) in [5, 5.41) is 2.47. The molecule has 0 saturated carbocycles. The van der Waals surface area contributed by atoms with Gasteiger partial charge in [0.2, 0.25) is 5.91 Å². The quantitative estimate of drug-likeness (QED) is 0.586. The van der Waals surface area contributed by atoms with Crippen molar-refractivity contribution in [2.45, 2.75) is 51.1 Å². The predicted molar refractivity (Wildman–Crippen MR) is 120 cm³/mol. The molecule has 0 unspecified atom stereocenters. The van der Waals surface area contributed by atoms with Gasteiger partial charge in [-0.2, -0.15) is 13.2 Å². The highest BCUT2D eigenvalue weighted by Crippen LogP contribution is 2.32. The molecule has 0 spiro atoms. The molecule has 32 heavy (non-hydrogen) atoms. The van der Waals surface area contributed by atoms with E-state index in [1.54, 1.807) is 0 Å². The van der Waals surface area contributed by atoms with Crippen LogP contribution in [0, 0.1) is 5.92 Å². The predicted octanol–water partition coefficient (Wildman–Crippen LogP) is 5.49. The second-order valence-corrected chi connectivity index (χ2v) is 9.79. The fourth-order valence-electron chi connectivity index (χ4n) is 4.64. The molecule has 1 aromatic carbocycles. The number of alkyl halides is 3. The van der Waals surface area contributed by atoms with Crippen LogP contribution in [0.4, 0.5) is 13.2 Å². The third-order valence-electron chi connectivity index (χ3n) is 6.53. The summed E-state index contributed by atoms with van der Waals surface area (Å²) < 4.78 is 38.2. The maximum Gasteiger partial charge on any atom is 0.416 e. The van der Waals surface area contributed by atoms with E-state index in [4.69, 9.17) is 0 Å². The molecule has 0 atom stereocenters. The molecule has 8 heteroatoms. The number of carbonyl (C=O) groups excluding carboxylic acids is 1. The van der Waals surface area contributed by atoms with E-state index in [1.165, 1.54) is 62.2 Å². The number of nitrogens with zero attached hydrogens (tertiary/aromatic N) is 3. The minimum absolute atomic E-state index is 0.0856. The zero-order valence-electron chi connectivity index (χ0n) is 18.2. The van der Waals surface area contributed by atoms with Gasteiger partial charge in [0.05, 0.1) is 17.7 Å². The van der Waals surface area contributed by atoms with E-state index in [9.17, 15) is 18.0 Å². The molecule has 3 heterocycles. The highest BCUT2D eigenvalue weighted by Gasteiger charge is 2.30. The summed E-state index contributed by atoms with van der Waals surface area (Å²) in [6.45, 7) is 5.18. The lowest BCUT2D eigenvalue weighted by molar-refractivity contribution is -0.137. The number of likely N-dealkylation sites (tertiary alicyclic amines) is 2. The maximum absolute atomic E-state index is 12.8. The molecule has 2 saturated heterocycles. The van der Waals surface area contributed by atoms with Crippen LogP contribution in [-0.4, -0.2) is 53.4 Å². The smallest absolute Gasteiger partial charge is 0.342 e. The van der Waals surface area contributed by atoms with Gasteiger partial charge in [-0.05, 0) is 56.8 Å². The zero-order valence-corrected chi connectivity index (χ0v) is 19.1. The number of hydrogen-bond acceptors (Lipinski definition) is 4. The molecule has 2 aliphatic rings. The molecular weight excluding hydrogens is 435 g/mol. The van der Waals surface area contributed by atoms with Gasteiger partial charge >= 0.3 is 6.18 Å². The van der Waals surface area contributed by atoms with E-state index in [0.29, 0.717) is 22.2 Å². The van der Waals surface area contributed by atoms with E-state index in [2.05, 4.69) is 9.88 Å². The second-order valence-electron chi connectivity index (χ2n) is 8.93. The molecule has 2 fully saturated rings. The standard InChI is InChI=1S/C24H30F3N3OS/c25-24(26,27)20-7-5-19(6-8-20)23-28-21(17-32-23)15-22(31)30-13-9-18(10-14-30)16-29-11-3-1-2-4-12-29/h5-8,17-18H,1-4,9-16H2. The Hall–Kier alpha value is -1.93. The first kappa shape index (κ1) is 23.2. The average molecular weight is 466 g/mol. The largest absolute Gasteiger partial charge is 0.416 e. The molecule has 2 aliphatic heterocycles. The van der Waals surface area contributed by atoms with E-state index < -0.39 is 11.7 Å². The molecule has 0 N–H and O–H groups in total. The lowest BCUT2D eigenvalue weighted by Crippen LogP contribution is -2.42. The fraction of sp³-hybridized carbons (Fsp3) is 0.583. The van der Waals surface area contributed by atoms with Gasteiger partial charge in [0, 0.05) is 30.6 Å². The summed E-state index contributed by atoms with van der Waals surface area (Å²) >= 11 is 1.36. The zero-order chi connectivity index (χ0) is 22.6. The molecular formula is C24H30F3N3OS. The van der Waals surface area contributed by atoms with Gasteiger partial charge in [-0.15, -0.1) is 11.3 Å². The minimum atomic E-state index is -4.35. The number of halogens is 3. The van der Waals surface area contributed by atoms with Crippen molar-refractivity contribution in [3.8, 4) is 10.6 Å². The molecule has 174 valence electrons. The van der Waals surface area contributed by atoms with Crippen molar-refractivity contribution in [3.63, 3.8) is 0 Å². The summed E-state index contributed by atoms with van der Waals surface area (Å²) in [5.41, 5.74) is 0.644. The van der Waals surface area contributed by atoms with Crippen molar-refractivity contribution in [1.29, 1.82) is 0 Å². The van der Waals surface area contributed by atoms with Crippen molar-refractivity contribution in [2.24, 2.45) is 5.92 Å². The number of thiazole rings is 1. The number of aromatic nitrogens is 1. The lowest BCUT2D eigenvalue weighted by atomic mass is 9.95. The van der Waals surface area contributed by atoms with Crippen LogP contribution >= 0.6 is 11.3 Å². The van der Waals surface area contributed by atoms with Crippen LogP contribution < -0.4 is 0 Å². The average Bonchev–Trinajstić information content (AvgIpc) is 3.09. The molecule has 2 aromatic rings. The molecule has 1 aromatic heterocycles. The van der Waals surface area contributed by atoms with Crippen LogP contribution in [0.2, 0.25) is 0 Å². The van der Waals surface area contributed by atoms with Crippen LogP contribution in [-0.2, 0) is 17.4 Å². The number of hydrogen-bond donors (Lipinski definition) is 0. The van der Waals surface area contributed by atoms with Crippen LogP contribution in [0.5, 0.6) is 0 Å². The summed E-state index contributed by atoms with van der Waals surface area (Å²) in [5.74, 6) is 0.755. The topological polar surface area (TPSA) is 36.4 Å². The highest BCUT2D eigenvalue weighted by atomic mass is 32.1. The lowest BCUT2D eigenvalue weighted by Gasteiger charge is -2.34. The van der Waals surface area contributed by atoms with Crippen molar-refractivity contribution in [1.82, 2.24) is 14.8 Å². The normalized spacial score (nSPS) is 19.2. The Balaban J connectivity index is 1.26. The van der Waals surface area contributed by atoms with Gasteiger partial charge in [0.15, 0.2) is 0 Å². The fourth-order valence-corrected chi connectivity index (χ4v) is 5.46. The Morgan fingerprint density at radius 3 is 2.28 bits per heavy atom. The molecule has 4 rings (SSSR count). The Kier molecular flexibility index (Phi) is 7.51. The van der Waals surface area contributed by atoms with Crippen molar-refractivity contribution < 1.29 is 18.0 Å². The van der Waals surface area contributed by atoms with Gasteiger partial charge in [-0.25, -0.2) is 4.98 Å². The van der Waals surface area contributed by atoms with Gasteiger partial charge in [-0.1, -0.05) is 25.0 Å². The molecule has 0 bridgehead atoms. The summed E-state index contributed by atoms with van der Waals surface area (Å²) in [6.07, 6.45) is 3.31. The summed E-state index contributed by atoms with van der Waals surface area (Å²) in [7, 11) is 0. The second kappa shape index (κ2) is 10.3. The Morgan fingerprint density at radius 2 is 1.66 bits per heavy atom. The Labute approximate surface area is 191 Å². The van der Waals surface area contributed by atoms with E-state index in [1.807, 2.05) is 10.3 Å². The van der Waals surface area contributed by atoms with Crippen molar-refractivity contribution in [2.75, 3.05) is 32.7 Å². The Bertz CT molecular complexity index is 881. The van der Waals surface area contributed by atoms with E-state index in [0.717, 1.165) is 44.6 Å². The molecule has 0 aliphatic carbocycles. The number of rotatable bonds is 5. The molecule has 0 radical (unpaired) electrons.